The highest BCUT2D eigenvalue weighted by Gasteiger charge is 2.15. The van der Waals surface area contributed by atoms with Gasteiger partial charge in [-0.25, -0.2) is 14.8 Å². The molecule has 1 aromatic carbocycles. The minimum atomic E-state index is -0.485. The number of nitrogens with one attached hydrogen (secondary N) is 2. The van der Waals surface area contributed by atoms with Gasteiger partial charge in [0.15, 0.2) is 0 Å². The molecule has 0 saturated carbocycles. The molecule has 7 heteroatoms. The molecule has 0 fully saturated rings. The Morgan fingerprint density at radius 1 is 1.17 bits per heavy atom. The van der Waals surface area contributed by atoms with Crippen molar-refractivity contribution in [3.8, 4) is 0 Å². The van der Waals surface area contributed by atoms with Crippen molar-refractivity contribution in [3.05, 3.63) is 47.8 Å². The highest BCUT2D eigenvalue weighted by Crippen LogP contribution is 2.17. The van der Waals surface area contributed by atoms with Crippen LogP contribution >= 0.6 is 0 Å². The fourth-order valence-corrected chi connectivity index (χ4v) is 1.97. The maximum absolute atomic E-state index is 12.4. The van der Waals surface area contributed by atoms with Crippen LogP contribution in [0.2, 0.25) is 0 Å². The molecule has 0 unspecified atom stereocenters. The predicted molar refractivity (Wildman–Crippen MR) is 91.2 cm³/mol. The molecule has 0 aliphatic carbocycles. The van der Waals surface area contributed by atoms with Crippen LogP contribution in [0.3, 0.4) is 0 Å². The molecular formula is C17H20N4O3. The number of carbonyl (C=O) groups excluding carboxylic acids is 2. The average molecular weight is 328 g/mol. The number of hydrogen-bond acceptors (Lipinski definition) is 6. The highest BCUT2D eigenvalue weighted by atomic mass is 16.5. The van der Waals surface area contributed by atoms with Gasteiger partial charge in [0, 0.05) is 12.7 Å². The first-order valence-electron chi connectivity index (χ1n) is 7.80. The molecule has 2 N–H and O–H groups in total. The number of para-hydroxylation sites is 1. The third kappa shape index (κ3) is 4.52. The van der Waals surface area contributed by atoms with E-state index in [4.69, 9.17) is 4.74 Å². The van der Waals surface area contributed by atoms with Gasteiger partial charge in [-0.2, -0.15) is 0 Å². The Labute approximate surface area is 140 Å². The van der Waals surface area contributed by atoms with Crippen molar-refractivity contribution < 1.29 is 14.3 Å². The van der Waals surface area contributed by atoms with Crippen LogP contribution in [0.5, 0.6) is 0 Å². The van der Waals surface area contributed by atoms with E-state index < -0.39 is 11.9 Å². The topological polar surface area (TPSA) is 93.2 Å². The quantitative estimate of drug-likeness (QED) is 0.759. The monoisotopic (exact) mass is 328 g/mol. The Morgan fingerprint density at radius 2 is 1.96 bits per heavy atom. The highest BCUT2D eigenvalue weighted by molar-refractivity contribution is 6.07. The van der Waals surface area contributed by atoms with E-state index in [1.807, 2.05) is 6.92 Å². The summed E-state index contributed by atoms with van der Waals surface area (Å²) in [6.45, 7) is 4.73. The largest absolute Gasteiger partial charge is 0.462 e. The fourth-order valence-electron chi connectivity index (χ4n) is 1.97. The number of aromatic nitrogens is 2. The molecule has 7 nitrogen and oxygen atoms in total. The van der Waals surface area contributed by atoms with E-state index >= 15 is 0 Å². The van der Waals surface area contributed by atoms with Crippen molar-refractivity contribution in [2.45, 2.75) is 20.3 Å². The fraction of sp³-hybridized carbons (Fsp3) is 0.294. The average Bonchev–Trinajstić information content (AvgIpc) is 2.61. The Kier molecular flexibility index (Phi) is 6.24. The van der Waals surface area contributed by atoms with Gasteiger partial charge in [-0.15, -0.1) is 0 Å². The maximum Gasteiger partial charge on any atom is 0.340 e. The van der Waals surface area contributed by atoms with Gasteiger partial charge in [-0.05, 0) is 31.5 Å². The Morgan fingerprint density at radius 3 is 2.71 bits per heavy atom. The second kappa shape index (κ2) is 8.61. The molecule has 0 atom stereocenters. The van der Waals surface area contributed by atoms with Gasteiger partial charge in [-0.1, -0.05) is 19.1 Å². The number of hydrogen-bond donors (Lipinski definition) is 2. The number of anilines is 2. The number of ether oxygens (including phenoxy) is 1. The van der Waals surface area contributed by atoms with Gasteiger partial charge in [0.05, 0.1) is 17.9 Å². The molecule has 1 amide bonds. The predicted octanol–water partition coefficient (Wildman–Crippen LogP) is 2.73. The Balaban J connectivity index is 2.17. The molecule has 2 rings (SSSR count). The smallest absolute Gasteiger partial charge is 0.340 e. The number of rotatable bonds is 7. The minimum Gasteiger partial charge on any atom is -0.462 e. The third-order valence-corrected chi connectivity index (χ3v) is 3.09. The molecule has 0 spiro atoms. The summed E-state index contributed by atoms with van der Waals surface area (Å²) in [5, 5.41) is 5.72. The lowest BCUT2D eigenvalue weighted by Gasteiger charge is -2.10. The lowest BCUT2D eigenvalue weighted by molar-refractivity contribution is 0.0527. The molecule has 1 aromatic heterocycles. The summed E-state index contributed by atoms with van der Waals surface area (Å²) >= 11 is 0. The minimum absolute atomic E-state index is 0.210. The summed E-state index contributed by atoms with van der Waals surface area (Å²) in [6.07, 6.45) is 2.43. The van der Waals surface area contributed by atoms with Crippen LogP contribution in [0, 0.1) is 0 Å². The molecule has 1 heterocycles. The first-order valence-corrected chi connectivity index (χ1v) is 7.80. The maximum atomic E-state index is 12.4. The first-order chi connectivity index (χ1) is 11.7. The van der Waals surface area contributed by atoms with Gasteiger partial charge in [0.25, 0.3) is 5.91 Å². The zero-order valence-corrected chi connectivity index (χ0v) is 13.7. The second-order valence-corrected chi connectivity index (χ2v) is 4.91. The van der Waals surface area contributed by atoms with Gasteiger partial charge in [0.2, 0.25) is 5.95 Å². The molecule has 2 aromatic rings. The van der Waals surface area contributed by atoms with Crippen molar-refractivity contribution in [1.82, 2.24) is 9.97 Å². The summed E-state index contributed by atoms with van der Waals surface area (Å²) in [7, 11) is 0. The third-order valence-electron chi connectivity index (χ3n) is 3.09. The van der Waals surface area contributed by atoms with Crippen LogP contribution in [0.15, 0.2) is 36.5 Å². The van der Waals surface area contributed by atoms with Crippen LogP contribution in [0.1, 0.15) is 41.1 Å². The van der Waals surface area contributed by atoms with Crippen LogP contribution in [0.25, 0.3) is 0 Å². The van der Waals surface area contributed by atoms with E-state index in [1.54, 1.807) is 31.2 Å². The zero-order chi connectivity index (χ0) is 17.4. The summed E-state index contributed by atoms with van der Waals surface area (Å²) < 4.78 is 4.99. The standard InChI is InChI=1S/C17H20N4O3/c1-3-10-18-17-19-11-9-14(21-17)15(22)20-13-8-6-5-7-12(13)16(23)24-4-2/h5-9,11H,3-4,10H2,1-2H3,(H,20,22)(H,18,19,21). The number of nitrogens with zero attached hydrogens (tertiary/aromatic N) is 2. The first kappa shape index (κ1) is 17.4. The number of esters is 1. The number of amides is 1. The van der Waals surface area contributed by atoms with Gasteiger partial charge in [-0.3, -0.25) is 4.79 Å². The summed E-state index contributed by atoms with van der Waals surface area (Å²) in [4.78, 5) is 32.6. The molecule has 126 valence electrons. The van der Waals surface area contributed by atoms with Gasteiger partial charge < -0.3 is 15.4 Å². The van der Waals surface area contributed by atoms with Crippen LogP contribution in [0.4, 0.5) is 11.6 Å². The summed E-state index contributed by atoms with van der Waals surface area (Å²) in [6, 6.07) is 8.19. The van der Waals surface area contributed by atoms with E-state index in [9.17, 15) is 9.59 Å². The number of benzene rings is 1. The Hall–Kier alpha value is -2.96. The lowest BCUT2D eigenvalue weighted by atomic mass is 10.1. The zero-order valence-electron chi connectivity index (χ0n) is 13.7. The van der Waals surface area contributed by atoms with Crippen molar-refractivity contribution in [2.75, 3.05) is 23.8 Å². The van der Waals surface area contributed by atoms with E-state index in [0.717, 1.165) is 13.0 Å². The van der Waals surface area contributed by atoms with Crippen LogP contribution in [-0.2, 0) is 4.74 Å². The SMILES string of the molecule is CCCNc1nccc(C(=O)Nc2ccccc2C(=O)OCC)n1. The summed E-state index contributed by atoms with van der Waals surface area (Å²) in [5.74, 6) is -0.515. The van der Waals surface area contributed by atoms with Crippen LogP contribution < -0.4 is 10.6 Å². The molecular weight excluding hydrogens is 308 g/mol. The molecule has 0 bridgehead atoms. The van der Waals surface area contributed by atoms with Crippen molar-refractivity contribution in [3.63, 3.8) is 0 Å². The molecule has 24 heavy (non-hydrogen) atoms. The van der Waals surface area contributed by atoms with Crippen molar-refractivity contribution in [1.29, 1.82) is 0 Å². The lowest BCUT2D eigenvalue weighted by Crippen LogP contribution is -2.18. The Bertz CT molecular complexity index is 718. The molecule has 0 saturated heterocycles. The molecule has 0 aliphatic rings. The molecule has 0 aliphatic heterocycles. The van der Waals surface area contributed by atoms with Gasteiger partial charge >= 0.3 is 5.97 Å². The second-order valence-electron chi connectivity index (χ2n) is 4.91. The van der Waals surface area contributed by atoms with Crippen molar-refractivity contribution in [2.24, 2.45) is 0 Å². The van der Waals surface area contributed by atoms with Crippen LogP contribution in [-0.4, -0.2) is 35.0 Å². The van der Waals surface area contributed by atoms with Crippen molar-refractivity contribution >= 4 is 23.5 Å². The molecule has 0 radical (unpaired) electrons. The van der Waals surface area contributed by atoms with E-state index in [1.165, 1.54) is 12.3 Å². The van der Waals surface area contributed by atoms with E-state index in [-0.39, 0.29) is 12.3 Å². The summed E-state index contributed by atoms with van der Waals surface area (Å²) in [5.41, 5.74) is 0.885. The number of carbonyl (C=O) groups is 2. The van der Waals surface area contributed by atoms with E-state index in [2.05, 4.69) is 20.6 Å². The normalized spacial score (nSPS) is 10.1. The van der Waals surface area contributed by atoms with E-state index in [0.29, 0.717) is 17.2 Å². The van der Waals surface area contributed by atoms with Gasteiger partial charge in [0.1, 0.15) is 5.69 Å².